The lowest BCUT2D eigenvalue weighted by Gasteiger charge is -2.00. The molecule has 0 aliphatic carbocycles. The van der Waals surface area contributed by atoms with Gasteiger partial charge in [-0.05, 0) is 20.9 Å². The Morgan fingerprint density at radius 2 is 2.31 bits per heavy atom. The molecule has 0 amide bonds. The van der Waals surface area contributed by atoms with Crippen molar-refractivity contribution in [2.45, 2.75) is 6.54 Å². The topological polar surface area (TPSA) is 79.4 Å². The van der Waals surface area contributed by atoms with Crippen molar-refractivity contribution in [3.05, 3.63) is 20.8 Å². The maximum atomic E-state index is 10.5. The number of aromatic nitrogens is 2. The number of nitro groups is 1. The zero-order chi connectivity index (χ0) is 12.0. The first-order valence-corrected chi connectivity index (χ1v) is 5.38. The van der Waals surface area contributed by atoms with Gasteiger partial charge in [-0.25, -0.2) is 0 Å². The quantitative estimate of drug-likeness (QED) is 0.429. The first kappa shape index (κ1) is 13.1. The molecule has 0 aliphatic rings. The molecule has 0 atom stereocenters. The first-order chi connectivity index (χ1) is 7.65. The fourth-order valence-electron chi connectivity index (χ4n) is 1.03. The Labute approximate surface area is 101 Å². The van der Waals surface area contributed by atoms with Gasteiger partial charge in [-0.3, -0.25) is 0 Å². The molecule has 0 aliphatic heterocycles. The molecule has 0 saturated heterocycles. The van der Waals surface area contributed by atoms with Gasteiger partial charge in [0.05, 0.1) is 37.7 Å². The van der Waals surface area contributed by atoms with Crippen LogP contribution in [0.1, 0.15) is 0 Å². The van der Waals surface area contributed by atoms with E-state index in [1.165, 1.54) is 4.68 Å². The van der Waals surface area contributed by atoms with Crippen LogP contribution in [0.5, 0.6) is 0 Å². The highest BCUT2D eigenvalue weighted by Crippen LogP contribution is 2.21. The summed E-state index contributed by atoms with van der Waals surface area (Å²) in [6.07, 6.45) is 1.55. The second kappa shape index (κ2) is 6.56. The van der Waals surface area contributed by atoms with Crippen molar-refractivity contribution < 1.29 is 14.4 Å². The van der Waals surface area contributed by atoms with Crippen LogP contribution >= 0.6 is 15.9 Å². The smallest absolute Gasteiger partial charge is 0.382 e. The van der Waals surface area contributed by atoms with E-state index < -0.39 is 4.92 Å². The maximum Gasteiger partial charge on any atom is 0.404 e. The molecule has 16 heavy (non-hydrogen) atoms. The number of rotatable bonds is 7. The normalized spacial score (nSPS) is 10.6. The van der Waals surface area contributed by atoms with Crippen LogP contribution in [0.4, 0.5) is 5.82 Å². The fraction of sp³-hybridized carbons (Fsp3) is 0.625. The van der Waals surface area contributed by atoms with E-state index in [2.05, 4.69) is 21.0 Å². The zero-order valence-electron chi connectivity index (χ0n) is 8.76. The average Bonchev–Trinajstić information content (AvgIpc) is 2.59. The Morgan fingerprint density at radius 3 is 2.88 bits per heavy atom. The molecule has 1 aromatic heterocycles. The van der Waals surface area contributed by atoms with E-state index in [1.807, 2.05) is 0 Å². The number of halogens is 1. The Morgan fingerprint density at radius 1 is 1.56 bits per heavy atom. The molecule has 0 radical (unpaired) electrons. The summed E-state index contributed by atoms with van der Waals surface area (Å²) in [5, 5.41) is 14.3. The fourth-order valence-corrected chi connectivity index (χ4v) is 1.49. The van der Waals surface area contributed by atoms with Crippen LogP contribution in [0.15, 0.2) is 10.7 Å². The Kier molecular flexibility index (Phi) is 5.36. The van der Waals surface area contributed by atoms with Crippen molar-refractivity contribution in [1.29, 1.82) is 0 Å². The lowest BCUT2D eigenvalue weighted by Crippen LogP contribution is -2.09. The molecule has 1 aromatic rings. The van der Waals surface area contributed by atoms with Crippen molar-refractivity contribution in [2.24, 2.45) is 0 Å². The molecule has 90 valence electrons. The van der Waals surface area contributed by atoms with E-state index in [0.29, 0.717) is 30.8 Å². The molecule has 0 unspecified atom stereocenters. The molecule has 0 spiro atoms. The molecule has 0 N–H and O–H groups in total. The summed E-state index contributed by atoms with van der Waals surface area (Å²) in [6, 6.07) is 0. The predicted octanol–water partition coefficient (Wildman–Crippen LogP) is 1.22. The van der Waals surface area contributed by atoms with Gasteiger partial charge < -0.3 is 19.6 Å². The summed E-state index contributed by atoms with van der Waals surface area (Å²) in [4.78, 5) is 9.97. The van der Waals surface area contributed by atoms with Crippen LogP contribution in [0, 0.1) is 10.1 Å². The van der Waals surface area contributed by atoms with E-state index >= 15 is 0 Å². The van der Waals surface area contributed by atoms with Gasteiger partial charge >= 0.3 is 5.82 Å². The van der Waals surface area contributed by atoms with Crippen LogP contribution in [-0.2, 0) is 16.0 Å². The van der Waals surface area contributed by atoms with Gasteiger partial charge in [-0.15, -0.1) is 0 Å². The molecule has 0 saturated carbocycles. The van der Waals surface area contributed by atoms with Crippen molar-refractivity contribution in [2.75, 3.05) is 26.9 Å². The lowest BCUT2D eigenvalue weighted by atomic mass is 10.6. The van der Waals surface area contributed by atoms with Gasteiger partial charge in [-0.1, -0.05) is 0 Å². The third kappa shape index (κ3) is 3.87. The Hall–Kier alpha value is -0.990. The molecule has 0 fully saturated rings. The van der Waals surface area contributed by atoms with Gasteiger partial charge in [0.25, 0.3) is 0 Å². The Balaban J connectivity index is 2.37. The largest absolute Gasteiger partial charge is 0.404 e. The minimum Gasteiger partial charge on any atom is -0.382 e. The standard InChI is InChI=1S/C8H12BrN3O4/c1-15-4-5-16-3-2-11-6-7(9)8(10-11)12(13)14/h6H,2-5H2,1H3. The molecule has 1 rings (SSSR count). The first-order valence-electron chi connectivity index (χ1n) is 4.59. The van der Waals surface area contributed by atoms with Gasteiger partial charge in [0.1, 0.15) is 4.47 Å². The summed E-state index contributed by atoms with van der Waals surface area (Å²) in [5.74, 6) is -0.183. The predicted molar refractivity (Wildman–Crippen MR) is 59.3 cm³/mol. The maximum absolute atomic E-state index is 10.5. The number of hydrogen-bond donors (Lipinski definition) is 0. The summed E-state index contributed by atoms with van der Waals surface area (Å²) < 4.78 is 11.9. The van der Waals surface area contributed by atoms with Crippen LogP contribution in [0.2, 0.25) is 0 Å². The van der Waals surface area contributed by atoms with Crippen LogP contribution in [-0.4, -0.2) is 41.6 Å². The second-order valence-electron chi connectivity index (χ2n) is 2.93. The molecule has 8 heteroatoms. The van der Waals surface area contributed by atoms with E-state index in [4.69, 9.17) is 9.47 Å². The van der Waals surface area contributed by atoms with Crippen LogP contribution in [0.3, 0.4) is 0 Å². The van der Waals surface area contributed by atoms with Crippen molar-refractivity contribution in [1.82, 2.24) is 9.78 Å². The monoisotopic (exact) mass is 293 g/mol. The molecule has 7 nitrogen and oxygen atoms in total. The summed E-state index contributed by atoms with van der Waals surface area (Å²) >= 11 is 3.07. The van der Waals surface area contributed by atoms with Gasteiger partial charge in [0.2, 0.25) is 0 Å². The molecule has 1 heterocycles. The summed E-state index contributed by atoms with van der Waals surface area (Å²) in [7, 11) is 1.59. The third-order valence-electron chi connectivity index (χ3n) is 1.77. The minimum absolute atomic E-state index is 0.183. The summed E-state index contributed by atoms with van der Waals surface area (Å²) in [6.45, 7) is 1.94. The highest BCUT2D eigenvalue weighted by atomic mass is 79.9. The lowest BCUT2D eigenvalue weighted by molar-refractivity contribution is -0.390. The highest BCUT2D eigenvalue weighted by Gasteiger charge is 2.17. The highest BCUT2D eigenvalue weighted by molar-refractivity contribution is 9.10. The number of ether oxygens (including phenoxy) is 2. The van der Waals surface area contributed by atoms with Crippen molar-refractivity contribution >= 4 is 21.7 Å². The molecule has 0 bridgehead atoms. The van der Waals surface area contributed by atoms with Crippen molar-refractivity contribution in [3.8, 4) is 0 Å². The number of nitrogens with zero attached hydrogens (tertiary/aromatic N) is 3. The SMILES string of the molecule is COCCOCCn1cc(Br)c([N+](=O)[O-])n1. The molecule has 0 aromatic carbocycles. The van der Waals surface area contributed by atoms with Crippen LogP contribution in [0.25, 0.3) is 0 Å². The van der Waals surface area contributed by atoms with Gasteiger partial charge in [0, 0.05) is 7.11 Å². The van der Waals surface area contributed by atoms with E-state index in [-0.39, 0.29) is 5.82 Å². The Bertz CT molecular complexity index is 355. The van der Waals surface area contributed by atoms with Gasteiger partial charge in [0.15, 0.2) is 0 Å². The van der Waals surface area contributed by atoms with E-state index in [1.54, 1.807) is 13.3 Å². The molecular formula is C8H12BrN3O4. The van der Waals surface area contributed by atoms with Crippen LogP contribution < -0.4 is 0 Å². The van der Waals surface area contributed by atoms with Gasteiger partial charge in [-0.2, -0.15) is 4.68 Å². The van der Waals surface area contributed by atoms with E-state index in [0.717, 1.165) is 0 Å². The number of hydrogen-bond acceptors (Lipinski definition) is 5. The average molecular weight is 294 g/mol. The number of methoxy groups -OCH3 is 1. The minimum atomic E-state index is -0.535. The summed E-state index contributed by atoms with van der Waals surface area (Å²) in [5.41, 5.74) is 0. The van der Waals surface area contributed by atoms with E-state index in [9.17, 15) is 10.1 Å². The van der Waals surface area contributed by atoms with Crippen molar-refractivity contribution in [3.63, 3.8) is 0 Å². The molecular weight excluding hydrogens is 282 g/mol. The second-order valence-corrected chi connectivity index (χ2v) is 3.78. The zero-order valence-corrected chi connectivity index (χ0v) is 10.3. The third-order valence-corrected chi connectivity index (χ3v) is 2.33.